The minimum Gasteiger partial charge on any atom is -0.432 e. The minimum absolute atomic E-state index is 0.0118. The third-order valence-corrected chi connectivity index (χ3v) is 9.26. The Balaban J connectivity index is 1.89. The number of aryl methyl sites for hydroxylation is 1. The summed E-state index contributed by atoms with van der Waals surface area (Å²) in [5.74, 6) is -1.34. The molecule has 2 N–H and O–H groups in total. The van der Waals surface area contributed by atoms with Gasteiger partial charge in [0.05, 0.1) is 16.3 Å². The molecule has 0 unspecified atom stereocenters. The maximum absolute atomic E-state index is 13.4. The van der Waals surface area contributed by atoms with Gasteiger partial charge >= 0.3 is 12.8 Å². The van der Waals surface area contributed by atoms with Crippen LogP contribution < -0.4 is 10.1 Å². The van der Waals surface area contributed by atoms with Gasteiger partial charge in [-0.2, -0.15) is 27.1 Å². The molecule has 1 saturated carbocycles. The number of pyridine rings is 1. The van der Waals surface area contributed by atoms with Crippen molar-refractivity contribution >= 4 is 27.3 Å². The van der Waals surface area contributed by atoms with Crippen molar-refractivity contribution in [2.24, 2.45) is 5.41 Å². The van der Waals surface area contributed by atoms with E-state index in [2.05, 4.69) is 20.1 Å². The zero-order valence-electron chi connectivity index (χ0n) is 22.9. The molecule has 0 aliphatic heterocycles. The second-order valence-corrected chi connectivity index (χ2v) is 13.6. The molecule has 0 saturated heterocycles. The maximum atomic E-state index is 13.4. The lowest BCUT2D eigenvalue weighted by atomic mass is 9.84. The van der Waals surface area contributed by atoms with Crippen LogP contribution in [0.2, 0.25) is 5.02 Å². The van der Waals surface area contributed by atoms with Crippen LogP contribution in [0.5, 0.6) is 5.75 Å². The summed E-state index contributed by atoms with van der Waals surface area (Å²) in [6.07, 6.45) is -2.16. The summed E-state index contributed by atoms with van der Waals surface area (Å²) in [5.41, 5.74) is -4.16. The van der Waals surface area contributed by atoms with Crippen LogP contribution in [-0.2, 0) is 22.8 Å². The van der Waals surface area contributed by atoms with E-state index < -0.39 is 57.0 Å². The van der Waals surface area contributed by atoms with Crippen LogP contribution in [0.15, 0.2) is 12.3 Å². The van der Waals surface area contributed by atoms with E-state index in [4.69, 9.17) is 11.6 Å². The Hall–Kier alpha value is -2.52. The van der Waals surface area contributed by atoms with E-state index in [1.807, 2.05) is 0 Å². The molecule has 0 bridgehead atoms. The molecule has 16 heteroatoms. The highest BCUT2D eigenvalue weighted by molar-refractivity contribution is 7.91. The largest absolute Gasteiger partial charge is 0.432 e. The monoisotopic (exact) mass is 630 g/mol. The standard InChI is InChI=1S/C25H32ClF5N4O5S/c1-5-35-20(18-16(40-22(27)28)10-14(12-32-18)11-23(2,3)25(29,30)31)17(26)19(34-35)21(36)33-13-24(37)8-6-15(7-9-24)41(4,38)39/h10,12,15,22,37H,5-9,11,13H2,1-4H3,(H,33,36). The van der Waals surface area contributed by atoms with Gasteiger partial charge in [0.25, 0.3) is 5.91 Å². The Morgan fingerprint density at radius 3 is 2.41 bits per heavy atom. The number of aromatic nitrogens is 3. The predicted molar refractivity (Wildman–Crippen MR) is 141 cm³/mol. The molecule has 1 aliphatic carbocycles. The molecule has 9 nitrogen and oxygen atoms in total. The molecule has 0 spiro atoms. The topological polar surface area (TPSA) is 123 Å². The number of hydrogen-bond acceptors (Lipinski definition) is 7. The number of halogens is 6. The average molecular weight is 631 g/mol. The highest BCUT2D eigenvalue weighted by Gasteiger charge is 2.47. The van der Waals surface area contributed by atoms with Crippen molar-refractivity contribution in [3.05, 3.63) is 28.5 Å². The summed E-state index contributed by atoms with van der Waals surface area (Å²) in [6.45, 7) is 0.129. The van der Waals surface area contributed by atoms with Crippen molar-refractivity contribution in [2.75, 3.05) is 12.8 Å². The van der Waals surface area contributed by atoms with Gasteiger partial charge in [-0.05, 0) is 50.7 Å². The van der Waals surface area contributed by atoms with Gasteiger partial charge in [-0.1, -0.05) is 25.4 Å². The van der Waals surface area contributed by atoms with Crippen LogP contribution in [0.4, 0.5) is 22.0 Å². The molecule has 230 valence electrons. The fourth-order valence-electron chi connectivity index (χ4n) is 4.66. The van der Waals surface area contributed by atoms with E-state index >= 15 is 0 Å². The van der Waals surface area contributed by atoms with Gasteiger partial charge in [0.1, 0.15) is 26.2 Å². The molecule has 3 rings (SSSR count). The summed E-state index contributed by atoms with van der Waals surface area (Å²) in [5, 5.41) is 16.7. The van der Waals surface area contributed by atoms with Crippen molar-refractivity contribution < 1.29 is 45.0 Å². The van der Waals surface area contributed by atoms with Gasteiger partial charge in [-0.15, -0.1) is 0 Å². The average Bonchev–Trinajstić information content (AvgIpc) is 3.17. The van der Waals surface area contributed by atoms with E-state index in [1.165, 1.54) is 4.68 Å². The number of hydrogen-bond donors (Lipinski definition) is 2. The van der Waals surface area contributed by atoms with Crippen molar-refractivity contribution in [3.8, 4) is 17.1 Å². The Morgan fingerprint density at radius 1 is 1.29 bits per heavy atom. The number of amides is 1. The molecule has 1 fully saturated rings. The number of ether oxygens (including phenoxy) is 1. The Bertz CT molecular complexity index is 1370. The van der Waals surface area contributed by atoms with Crippen LogP contribution in [0.25, 0.3) is 11.4 Å². The Morgan fingerprint density at radius 2 is 1.90 bits per heavy atom. The summed E-state index contributed by atoms with van der Waals surface area (Å²) in [6, 6.07) is 1.02. The summed E-state index contributed by atoms with van der Waals surface area (Å²) < 4.78 is 96.1. The molecule has 41 heavy (non-hydrogen) atoms. The highest BCUT2D eigenvalue weighted by Crippen LogP contribution is 2.42. The zero-order valence-corrected chi connectivity index (χ0v) is 24.4. The normalized spacial score (nSPS) is 20.3. The fraction of sp³-hybridized carbons (Fsp3) is 0.640. The number of nitrogens with one attached hydrogen (secondary N) is 1. The molecule has 0 radical (unpaired) electrons. The first kappa shape index (κ1) is 33.0. The number of carbonyl (C=O) groups excluding carboxylic acids is 1. The molecular formula is C25H32ClF5N4O5S. The van der Waals surface area contributed by atoms with Gasteiger partial charge in [-0.25, -0.2) is 8.42 Å². The van der Waals surface area contributed by atoms with Crippen LogP contribution in [0, 0.1) is 5.41 Å². The van der Waals surface area contributed by atoms with E-state index in [0.717, 1.165) is 32.4 Å². The van der Waals surface area contributed by atoms with Crippen molar-refractivity contribution in [1.82, 2.24) is 20.1 Å². The smallest absolute Gasteiger partial charge is 0.394 e. The molecular weight excluding hydrogens is 599 g/mol. The molecule has 0 aromatic carbocycles. The van der Waals surface area contributed by atoms with Gasteiger partial charge in [0.15, 0.2) is 11.4 Å². The predicted octanol–water partition coefficient (Wildman–Crippen LogP) is 4.80. The molecule has 1 aliphatic rings. The SMILES string of the molecule is CCn1nc(C(=O)NCC2(O)CCC(S(C)(=O)=O)CC2)c(Cl)c1-c1ncc(CC(C)(C)C(F)(F)F)cc1OC(F)F. The van der Waals surface area contributed by atoms with Crippen LogP contribution in [-0.4, -0.2) is 70.6 Å². The quantitative estimate of drug-likeness (QED) is 0.362. The number of sulfone groups is 1. The molecule has 2 heterocycles. The highest BCUT2D eigenvalue weighted by atomic mass is 35.5. The first-order valence-corrected chi connectivity index (χ1v) is 15.1. The summed E-state index contributed by atoms with van der Waals surface area (Å²) in [4.78, 5) is 17.1. The Labute approximate surface area is 239 Å². The van der Waals surface area contributed by atoms with Crippen molar-refractivity contribution in [3.63, 3.8) is 0 Å². The zero-order chi connectivity index (χ0) is 31.0. The summed E-state index contributed by atoms with van der Waals surface area (Å²) in [7, 11) is -3.26. The first-order valence-electron chi connectivity index (χ1n) is 12.7. The fourth-order valence-corrected chi connectivity index (χ4v) is 6.06. The van der Waals surface area contributed by atoms with Gasteiger partial charge in [0.2, 0.25) is 0 Å². The minimum atomic E-state index is -4.57. The lowest BCUT2D eigenvalue weighted by molar-refractivity contribution is -0.211. The lowest BCUT2D eigenvalue weighted by Gasteiger charge is -2.35. The maximum Gasteiger partial charge on any atom is 0.394 e. The lowest BCUT2D eigenvalue weighted by Crippen LogP contribution is -2.47. The third kappa shape index (κ3) is 7.66. The van der Waals surface area contributed by atoms with Crippen molar-refractivity contribution in [1.29, 1.82) is 0 Å². The second kappa shape index (κ2) is 12.0. The van der Waals surface area contributed by atoms with E-state index in [1.54, 1.807) is 6.92 Å². The number of rotatable bonds is 10. The number of alkyl halides is 5. The molecule has 1 amide bonds. The molecule has 2 aromatic rings. The van der Waals surface area contributed by atoms with Crippen LogP contribution in [0.1, 0.15) is 62.5 Å². The van der Waals surface area contributed by atoms with E-state index in [9.17, 15) is 40.3 Å². The van der Waals surface area contributed by atoms with Gasteiger partial charge < -0.3 is 15.2 Å². The first-order chi connectivity index (χ1) is 18.8. The third-order valence-electron chi connectivity index (χ3n) is 7.22. The van der Waals surface area contributed by atoms with E-state index in [-0.39, 0.29) is 66.4 Å². The van der Waals surface area contributed by atoms with Gasteiger partial charge in [0, 0.05) is 25.5 Å². The van der Waals surface area contributed by atoms with Gasteiger partial charge in [-0.3, -0.25) is 14.5 Å². The van der Waals surface area contributed by atoms with E-state index in [0.29, 0.717) is 0 Å². The number of nitrogens with zero attached hydrogens (tertiary/aromatic N) is 3. The molecule has 0 atom stereocenters. The van der Waals surface area contributed by atoms with Crippen LogP contribution >= 0.6 is 11.6 Å². The van der Waals surface area contributed by atoms with Crippen molar-refractivity contribution in [2.45, 2.75) is 83.1 Å². The summed E-state index contributed by atoms with van der Waals surface area (Å²) >= 11 is 6.47. The molecule has 2 aromatic heterocycles. The Kier molecular flexibility index (Phi) is 9.65. The van der Waals surface area contributed by atoms with Crippen LogP contribution in [0.3, 0.4) is 0 Å². The number of aliphatic hydroxyl groups is 1. The number of carbonyl (C=O) groups is 1. The second-order valence-electron chi connectivity index (χ2n) is 10.9.